The molecule has 3 N–H and O–H groups in total. The Balaban J connectivity index is 2.23. The summed E-state index contributed by atoms with van der Waals surface area (Å²) in [7, 11) is 0. The van der Waals surface area contributed by atoms with E-state index in [2.05, 4.69) is 5.43 Å². The molecule has 0 fully saturated rings. The van der Waals surface area contributed by atoms with Crippen LogP contribution in [0.1, 0.15) is 21.4 Å². The minimum atomic E-state index is -0.396. The summed E-state index contributed by atoms with van der Waals surface area (Å²) in [5.74, 6) is 5.17. The Morgan fingerprint density at radius 3 is 2.78 bits per heavy atom. The van der Waals surface area contributed by atoms with E-state index in [0.29, 0.717) is 6.42 Å². The number of hydrogen-bond donors (Lipinski definition) is 2. The zero-order chi connectivity index (χ0) is 13.1. The van der Waals surface area contributed by atoms with Crippen molar-refractivity contribution in [2.45, 2.75) is 19.4 Å². The molecule has 0 spiro atoms. The molecule has 1 heterocycles. The SMILES string of the molecule is Cc1ccc(C(Cc2cccc(F)c2Cl)NN)s1. The number of hydrogen-bond acceptors (Lipinski definition) is 3. The summed E-state index contributed by atoms with van der Waals surface area (Å²) in [6.45, 7) is 2.04. The van der Waals surface area contributed by atoms with Gasteiger partial charge in [-0.25, -0.2) is 4.39 Å². The molecule has 2 nitrogen and oxygen atoms in total. The van der Waals surface area contributed by atoms with Crippen molar-refractivity contribution >= 4 is 22.9 Å². The van der Waals surface area contributed by atoms with E-state index in [1.54, 1.807) is 17.4 Å². The van der Waals surface area contributed by atoms with E-state index in [0.717, 1.165) is 10.4 Å². The first-order chi connectivity index (χ1) is 8.61. The van der Waals surface area contributed by atoms with E-state index < -0.39 is 5.82 Å². The summed E-state index contributed by atoms with van der Waals surface area (Å²) >= 11 is 7.62. The van der Waals surface area contributed by atoms with Crippen LogP contribution in [0.25, 0.3) is 0 Å². The van der Waals surface area contributed by atoms with Gasteiger partial charge in [-0.1, -0.05) is 23.7 Å². The molecule has 96 valence electrons. The molecule has 2 rings (SSSR count). The van der Waals surface area contributed by atoms with Crippen molar-refractivity contribution < 1.29 is 4.39 Å². The molecule has 1 unspecified atom stereocenters. The van der Waals surface area contributed by atoms with Gasteiger partial charge in [0.05, 0.1) is 11.1 Å². The van der Waals surface area contributed by atoms with Crippen LogP contribution < -0.4 is 11.3 Å². The van der Waals surface area contributed by atoms with Gasteiger partial charge < -0.3 is 0 Å². The van der Waals surface area contributed by atoms with Gasteiger partial charge in [-0.3, -0.25) is 11.3 Å². The highest BCUT2D eigenvalue weighted by Crippen LogP contribution is 2.28. The summed E-state index contributed by atoms with van der Waals surface area (Å²) in [6.07, 6.45) is 0.563. The van der Waals surface area contributed by atoms with Gasteiger partial charge in [-0.15, -0.1) is 11.3 Å². The fourth-order valence-electron chi connectivity index (χ4n) is 1.81. The number of thiophene rings is 1. The van der Waals surface area contributed by atoms with E-state index in [4.69, 9.17) is 17.4 Å². The van der Waals surface area contributed by atoms with Crippen LogP contribution in [0.4, 0.5) is 4.39 Å². The summed E-state index contributed by atoms with van der Waals surface area (Å²) in [4.78, 5) is 2.34. The second-order valence-corrected chi connectivity index (χ2v) is 5.78. The highest BCUT2D eigenvalue weighted by Gasteiger charge is 2.15. The molecule has 0 saturated heterocycles. The van der Waals surface area contributed by atoms with Crippen molar-refractivity contribution in [3.8, 4) is 0 Å². The lowest BCUT2D eigenvalue weighted by Gasteiger charge is -2.15. The van der Waals surface area contributed by atoms with Crippen LogP contribution in [0.3, 0.4) is 0 Å². The highest BCUT2D eigenvalue weighted by atomic mass is 35.5. The molecule has 0 aliphatic rings. The molecule has 0 aliphatic carbocycles. The maximum atomic E-state index is 13.4. The quantitative estimate of drug-likeness (QED) is 0.665. The lowest BCUT2D eigenvalue weighted by atomic mass is 10.0. The van der Waals surface area contributed by atoms with E-state index in [1.165, 1.54) is 10.9 Å². The van der Waals surface area contributed by atoms with Crippen molar-refractivity contribution in [2.24, 2.45) is 5.84 Å². The first-order valence-corrected chi connectivity index (χ1v) is 6.76. The molecular weight excluding hydrogens is 271 g/mol. The minimum Gasteiger partial charge on any atom is -0.271 e. The molecule has 0 saturated carbocycles. The van der Waals surface area contributed by atoms with Crippen LogP contribution >= 0.6 is 22.9 Å². The third-order valence-corrected chi connectivity index (χ3v) is 4.30. The molecule has 0 amide bonds. The topological polar surface area (TPSA) is 38.0 Å². The molecular formula is C13H14ClFN2S. The van der Waals surface area contributed by atoms with Crippen LogP contribution in [0.2, 0.25) is 5.02 Å². The number of nitrogens with two attached hydrogens (primary N) is 1. The Labute approximate surface area is 115 Å². The van der Waals surface area contributed by atoms with Crippen LogP contribution in [-0.4, -0.2) is 0 Å². The first-order valence-electron chi connectivity index (χ1n) is 5.57. The Morgan fingerprint density at radius 1 is 1.39 bits per heavy atom. The van der Waals surface area contributed by atoms with E-state index in [9.17, 15) is 4.39 Å². The van der Waals surface area contributed by atoms with E-state index in [-0.39, 0.29) is 11.1 Å². The highest BCUT2D eigenvalue weighted by molar-refractivity contribution is 7.12. The molecule has 2 aromatic rings. The Bertz CT molecular complexity index is 542. The van der Waals surface area contributed by atoms with Gasteiger partial charge in [0.25, 0.3) is 0 Å². The first kappa shape index (κ1) is 13.5. The van der Waals surface area contributed by atoms with Crippen LogP contribution in [0.15, 0.2) is 30.3 Å². The van der Waals surface area contributed by atoms with Crippen molar-refractivity contribution in [1.82, 2.24) is 5.43 Å². The maximum absolute atomic E-state index is 13.4. The third-order valence-electron chi connectivity index (χ3n) is 2.76. The number of halogens is 2. The fourth-order valence-corrected chi connectivity index (χ4v) is 2.95. The van der Waals surface area contributed by atoms with Crippen molar-refractivity contribution in [3.63, 3.8) is 0 Å². The van der Waals surface area contributed by atoms with Gasteiger partial charge in [0.1, 0.15) is 5.82 Å². The minimum absolute atomic E-state index is 0.0528. The van der Waals surface area contributed by atoms with E-state index >= 15 is 0 Å². The van der Waals surface area contributed by atoms with Gasteiger partial charge in [-0.2, -0.15) is 0 Å². The largest absolute Gasteiger partial charge is 0.271 e. The Hall–Kier alpha value is -0.940. The third kappa shape index (κ3) is 2.90. The van der Waals surface area contributed by atoms with Crippen molar-refractivity contribution in [3.05, 3.63) is 56.5 Å². The average molecular weight is 285 g/mol. The fraction of sp³-hybridized carbons (Fsp3) is 0.231. The van der Waals surface area contributed by atoms with Gasteiger partial charge in [0.15, 0.2) is 0 Å². The summed E-state index contributed by atoms with van der Waals surface area (Å²) < 4.78 is 13.4. The zero-order valence-corrected chi connectivity index (χ0v) is 11.5. The maximum Gasteiger partial charge on any atom is 0.142 e. The smallest absolute Gasteiger partial charge is 0.142 e. The molecule has 0 radical (unpaired) electrons. The van der Waals surface area contributed by atoms with Gasteiger partial charge in [0.2, 0.25) is 0 Å². The number of benzene rings is 1. The molecule has 1 aromatic carbocycles. The second-order valence-electron chi connectivity index (χ2n) is 4.08. The Morgan fingerprint density at radius 2 is 2.17 bits per heavy atom. The van der Waals surface area contributed by atoms with Crippen LogP contribution in [-0.2, 0) is 6.42 Å². The molecule has 18 heavy (non-hydrogen) atoms. The molecule has 1 atom stereocenters. The lowest BCUT2D eigenvalue weighted by Crippen LogP contribution is -2.29. The predicted molar refractivity (Wildman–Crippen MR) is 74.2 cm³/mol. The number of aryl methyl sites for hydroxylation is 1. The second kappa shape index (κ2) is 5.80. The van der Waals surface area contributed by atoms with Crippen molar-refractivity contribution in [2.75, 3.05) is 0 Å². The van der Waals surface area contributed by atoms with Gasteiger partial charge in [-0.05, 0) is 37.1 Å². The molecule has 5 heteroatoms. The standard InChI is InChI=1S/C13H14ClFN2S/c1-8-5-6-12(18-8)11(17-16)7-9-3-2-4-10(15)13(9)14/h2-6,11,17H,7,16H2,1H3. The van der Waals surface area contributed by atoms with E-state index in [1.807, 2.05) is 25.1 Å². The number of hydrazine groups is 1. The van der Waals surface area contributed by atoms with Gasteiger partial charge in [0, 0.05) is 9.75 Å². The Kier molecular flexibility index (Phi) is 4.35. The van der Waals surface area contributed by atoms with Crippen LogP contribution in [0, 0.1) is 12.7 Å². The summed E-state index contributed by atoms with van der Waals surface area (Å²) in [5, 5.41) is 0.172. The summed E-state index contributed by atoms with van der Waals surface area (Å²) in [6, 6.07) is 8.84. The monoisotopic (exact) mass is 284 g/mol. The summed E-state index contributed by atoms with van der Waals surface area (Å²) in [5.41, 5.74) is 3.51. The van der Waals surface area contributed by atoms with Crippen molar-refractivity contribution in [1.29, 1.82) is 0 Å². The molecule has 0 aliphatic heterocycles. The molecule has 0 bridgehead atoms. The predicted octanol–water partition coefficient (Wildman–Crippen LogP) is 3.60. The zero-order valence-electron chi connectivity index (χ0n) is 9.91. The number of nitrogens with one attached hydrogen (secondary N) is 1. The number of rotatable bonds is 4. The normalized spacial score (nSPS) is 12.7. The van der Waals surface area contributed by atoms with Gasteiger partial charge >= 0.3 is 0 Å². The van der Waals surface area contributed by atoms with Crippen LogP contribution in [0.5, 0.6) is 0 Å². The lowest BCUT2D eigenvalue weighted by molar-refractivity contribution is 0.557. The average Bonchev–Trinajstić information content (AvgIpc) is 2.78. The molecule has 1 aromatic heterocycles.